The minimum atomic E-state index is 0. The second kappa shape index (κ2) is 5.66. The van der Waals surface area contributed by atoms with Gasteiger partial charge in [-0.3, -0.25) is 0 Å². The molecule has 0 radical (unpaired) electrons. The lowest BCUT2D eigenvalue weighted by atomic mass is 10.1. The minimum Gasteiger partial charge on any atom is -0.314 e. The Balaban J connectivity index is 0.000000980. The zero-order valence-electron chi connectivity index (χ0n) is 7.66. The van der Waals surface area contributed by atoms with Gasteiger partial charge < -0.3 is 10.6 Å². The highest BCUT2D eigenvalue weighted by atomic mass is 79.9. The van der Waals surface area contributed by atoms with E-state index in [1.807, 2.05) is 6.07 Å². The summed E-state index contributed by atoms with van der Waals surface area (Å²) >= 11 is 3.45. The lowest BCUT2D eigenvalue weighted by molar-refractivity contribution is 0.428. The molecule has 1 atom stereocenters. The minimum absolute atomic E-state index is 0. The molecular weight excluding hydrogens is 265 g/mol. The van der Waals surface area contributed by atoms with Crippen molar-refractivity contribution in [3.05, 3.63) is 28.5 Å². The second-order valence-corrected chi connectivity index (χ2v) is 3.85. The molecule has 1 aromatic heterocycles. The Hall–Kier alpha value is -0.160. The Morgan fingerprint density at radius 2 is 2.29 bits per heavy atom. The number of aromatic nitrogens is 1. The molecule has 1 aliphatic heterocycles. The smallest absolute Gasteiger partial charge is 0.110 e. The number of nitrogens with one attached hydrogen (secondary N) is 2. The Morgan fingerprint density at radius 1 is 1.43 bits per heavy atom. The lowest BCUT2D eigenvalue weighted by Gasteiger charge is -2.25. The highest BCUT2D eigenvalue weighted by molar-refractivity contribution is 9.10. The fourth-order valence-electron chi connectivity index (χ4n) is 1.53. The van der Waals surface area contributed by atoms with E-state index < -0.39 is 0 Å². The van der Waals surface area contributed by atoms with Crippen LogP contribution in [0, 0.1) is 0 Å². The molecule has 0 spiro atoms. The Morgan fingerprint density at radius 3 is 2.93 bits per heavy atom. The number of halogens is 2. The molecule has 0 amide bonds. The van der Waals surface area contributed by atoms with Crippen LogP contribution in [0.15, 0.2) is 22.9 Å². The van der Waals surface area contributed by atoms with E-state index in [2.05, 4.69) is 37.6 Å². The zero-order chi connectivity index (χ0) is 9.10. The van der Waals surface area contributed by atoms with E-state index in [0.717, 1.165) is 24.2 Å². The van der Waals surface area contributed by atoms with Crippen LogP contribution in [0.25, 0.3) is 0 Å². The molecule has 0 saturated carbocycles. The van der Waals surface area contributed by atoms with Crippen LogP contribution in [0.3, 0.4) is 0 Å². The fourth-order valence-corrected chi connectivity index (χ4v) is 2.06. The van der Waals surface area contributed by atoms with Crippen molar-refractivity contribution in [1.82, 2.24) is 15.6 Å². The Kier molecular flexibility index (Phi) is 4.81. The van der Waals surface area contributed by atoms with E-state index >= 15 is 0 Å². The van der Waals surface area contributed by atoms with Gasteiger partial charge in [-0.2, -0.15) is 0 Å². The second-order valence-electron chi connectivity index (χ2n) is 3.09. The van der Waals surface area contributed by atoms with Gasteiger partial charge in [0.25, 0.3) is 0 Å². The third kappa shape index (κ3) is 2.67. The van der Waals surface area contributed by atoms with Gasteiger partial charge in [-0.1, -0.05) is 6.07 Å². The molecule has 14 heavy (non-hydrogen) atoms. The van der Waals surface area contributed by atoms with Crippen molar-refractivity contribution in [2.75, 3.05) is 19.6 Å². The molecular formula is C9H13BrClN3. The van der Waals surface area contributed by atoms with Crippen LogP contribution in [0.2, 0.25) is 0 Å². The van der Waals surface area contributed by atoms with Crippen LogP contribution >= 0.6 is 28.3 Å². The molecule has 2 N–H and O–H groups in total. The molecule has 1 saturated heterocycles. The molecule has 3 nitrogen and oxygen atoms in total. The normalized spacial score (nSPS) is 21.4. The molecule has 1 fully saturated rings. The summed E-state index contributed by atoms with van der Waals surface area (Å²) < 4.78 is 0.941. The summed E-state index contributed by atoms with van der Waals surface area (Å²) in [5.74, 6) is 0. The van der Waals surface area contributed by atoms with Gasteiger partial charge in [-0.25, -0.2) is 4.98 Å². The van der Waals surface area contributed by atoms with E-state index in [1.165, 1.54) is 5.56 Å². The maximum absolute atomic E-state index is 4.20. The van der Waals surface area contributed by atoms with Gasteiger partial charge in [0, 0.05) is 37.4 Å². The van der Waals surface area contributed by atoms with Gasteiger partial charge in [0.15, 0.2) is 0 Å². The van der Waals surface area contributed by atoms with Gasteiger partial charge in [0.2, 0.25) is 0 Å². The predicted octanol–water partition coefficient (Wildman–Crippen LogP) is 1.50. The lowest BCUT2D eigenvalue weighted by Crippen LogP contribution is -2.42. The Labute approximate surface area is 98.2 Å². The number of pyridine rings is 1. The highest BCUT2D eigenvalue weighted by Crippen LogP contribution is 2.20. The van der Waals surface area contributed by atoms with Crippen LogP contribution in [0.5, 0.6) is 0 Å². The first-order valence-corrected chi connectivity index (χ1v) is 5.22. The fraction of sp³-hybridized carbons (Fsp3) is 0.444. The summed E-state index contributed by atoms with van der Waals surface area (Å²) in [6.07, 6.45) is 1.80. The summed E-state index contributed by atoms with van der Waals surface area (Å²) in [6, 6.07) is 4.45. The number of nitrogens with zero attached hydrogens (tertiary/aromatic N) is 1. The van der Waals surface area contributed by atoms with Crippen molar-refractivity contribution in [3.63, 3.8) is 0 Å². The van der Waals surface area contributed by atoms with Gasteiger partial charge in [0.05, 0.1) is 0 Å². The standard InChI is InChI=1S/C9H12BrN3.ClH/c10-9-7(2-1-3-13-9)8-6-11-4-5-12-8;/h1-3,8,11-12H,4-6H2;1H/t8-;/m1./s1. The van der Waals surface area contributed by atoms with Crippen molar-refractivity contribution in [3.8, 4) is 0 Å². The molecule has 78 valence electrons. The van der Waals surface area contributed by atoms with Crippen LogP contribution in [0.1, 0.15) is 11.6 Å². The molecule has 0 unspecified atom stereocenters. The number of hydrogen-bond acceptors (Lipinski definition) is 3. The molecule has 1 aromatic rings. The summed E-state index contributed by atoms with van der Waals surface area (Å²) in [7, 11) is 0. The van der Waals surface area contributed by atoms with Crippen molar-refractivity contribution in [1.29, 1.82) is 0 Å². The number of piperazine rings is 1. The number of hydrogen-bond donors (Lipinski definition) is 2. The quantitative estimate of drug-likeness (QED) is 0.765. The summed E-state index contributed by atoms with van der Waals surface area (Å²) in [5.41, 5.74) is 1.23. The summed E-state index contributed by atoms with van der Waals surface area (Å²) in [5, 5.41) is 6.79. The van der Waals surface area contributed by atoms with Crippen molar-refractivity contribution in [2.24, 2.45) is 0 Å². The molecule has 0 aromatic carbocycles. The SMILES string of the molecule is Brc1ncccc1[C@H]1CNCCN1.Cl. The van der Waals surface area contributed by atoms with E-state index in [0.29, 0.717) is 6.04 Å². The summed E-state index contributed by atoms with van der Waals surface area (Å²) in [6.45, 7) is 3.05. The largest absolute Gasteiger partial charge is 0.314 e. The first-order valence-electron chi connectivity index (χ1n) is 4.42. The van der Waals surface area contributed by atoms with E-state index in [-0.39, 0.29) is 12.4 Å². The monoisotopic (exact) mass is 277 g/mol. The molecule has 1 aliphatic rings. The maximum atomic E-state index is 4.20. The highest BCUT2D eigenvalue weighted by Gasteiger charge is 2.16. The van der Waals surface area contributed by atoms with Gasteiger partial charge in [0.1, 0.15) is 4.60 Å². The molecule has 0 bridgehead atoms. The third-order valence-corrected chi connectivity index (χ3v) is 2.87. The van der Waals surface area contributed by atoms with Crippen LogP contribution in [-0.4, -0.2) is 24.6 Å². The zero-order valence-corrected chi connectivity index (χ0v) is 10.1. The van der Waals surface area contributed by atoms with E-state index in [9.17, 15) is 0 Å². The first-order chi connectivity index (χ1) is 6.38. The first kappa shape index (κ1) is 11.9. The maximum Gasteiger partial charge on any atom is 0.110 e. The van der Waals surface area contributed by atoms with Crippen molar-refractivity contribution in [2.45, 2.75) is 6.04 Å². The topological polar surface area (TPSA) is 37.0 Å². The average Bonchev–Trinajstić information content (AvgIpc) is 2.20. The van der Waals surface area contributed by atoms with E-state index in [1.54, 1.807) is 6.20 Å². The van der Waals surface area contributed by atoms with Crippen LogP contribution < -0.4 is 10.6 Å². The van der Waals surface area contributed by atoms with Crippen LogP contribution in [-0.2, 0) is 0 Å². The molecule has 0 aliphatic carbocycles. The van der Waals surface area contributed by atoms with Crippen LogP contribution in [0.4, 0.5) is 0 Å². The van der Waals surface area contributed by atoms with Gasteiger partial charge in [-0.05, 0) is 22.0 Å². The molecule has 5 heteroatoms. The molecule has 2 heterocycles. The van der Waals surface area contributed by atoms with E-state index in [4.69, 9.17) is 0 Å². The predicted molar refractivity (Wildman–Crippen MR) is 62.8 cm³/mol. The number of rotatable bonds is 1. The van der Waals surface area contributed by atoms with Gasteiger partial charge in [-0.15, -0.1) is 12.4 Å². The molecule has 2 rings (SSSR count). The Bertz CT molecular complexity index is 289. The average molecular weight is 279 g/mol. The van der Waals surface area contributed by atoms with Gasteiger partial charge >= 0.3 is 0 Å². The van der Waals surface area contributed by atoms with Crippen molar-refractivity contribution >= 4 is 28.3 Å². The third-order valence-electron chi connectivity index (χ3n) is 2.20. The van der Waals surface area contributed by atoms with Crippen molar-refractivity contribution < 1.29 is 0 Å². The summed E-state index contributed by atoms with van der Waals surface area (Å²) in [4.78, 5) is 4.20.